The first-order valence-electron chi connectivity index (χ1n) is 6.28. The Morgan fingerprint density at radius 2 is 1.76 bits per heavy atom. The Labute approximate surface area is 122 Å². The van der Waals surface area contributed by atoms with Gasteiger partial charge in [-0.3, -0.25) is 10.6 Å². The van der Waals surface area contributed by atoms with Crippen LogP contribution in [-0.2, 0) is 0 Å². The van der Waals surface area contributed by atoms with Crippen molar-refractivity contribution in [2.24, 2.45) is 5.84 Å². The van der Waals surface area contributed by atoms with Gasteiger partial charge in [0, 0.05) is 17.3 Å². The van der Waals surface area contributed by atoms with Gasteiger partial charge in [-0.2, -0.15) is 0 Å². The maximum absolute atomic E-state index is 12.2. The van der Waals surface area contributed by atoms with E-state index in [0.29, 0.717) is 22.7 Å². The van der Waals surface area contributed by atoms with Crippen molar-refractivity contribution in [3.8, 4) is 11.5 Å². The highest BCUT2D eigenvalue weighted by Gasteiger charge is 2.10. The van der Waals surface area contributed by atoms with Crippen molar-refractivity contribution in [1.29, 1.82) is 0 Å². The van der Waals surface area contributed by atoms with Crippen molar-refractivity contribution in [1.82, 2.24) is 0 Å². The molecule has 110 valence electrons. The molecule has 0 aliphatic heterocycles. The summed E-state index contributed by atoms with van der Waals surface area (Å²) in [6.45, 7) is 0. The van der Waals surface area contributed by atoms with E-state index in [0.717, 1.165) is 5.69 Å². The second-order valence-electron chi connectivity index (χ2n) is 4.24. The summed E-state index contributed by atoms with van der Waals surface area (Å²) >= 11 is 0. The smallest absolute Gasteiger partial charge is 0.255 e. The van der Waals surface area contributed by atoms with Gasteiger partial charge in [-0.15, -0.1) is 0 Å². The number of methoxy groups -OCH3 is 2. The van der Waals surface area contributed by atoms with Gasteiger partial charge in [-0.25, -0.2) is 0 Å². The summed E-state index contributed by atoms with van der Waals surface area (Å²) in [5.74, 6) is 6.24. The van der Waals surface area contributed by atoms with Crippen molar-refractivity contribution >= 4 is 17.3 Å². The highest BCUT2D eigenvalue weighted by molar-refractivity contribution is 6.05. The monoisotopic (exact) mass is 287 g/mol. The maximum Gasteiger partial charge on any atom is 0.255 e. The second-order valence-corrected chi connectivity index (χ2v) is 4.24. The van der Waals surface area contributed by atoms with Gasteiger partial charge >= 0.3 is 0 Å². The first-order chi connectivity index (χ1) is 10.2. The predicted octanol–water partition coefficient (Wildman–Crippen LogP) is 2.24. The van der Waals surface area contributed by atoms with Crippen LogP contribution in [0, 0.1) is 0 Å². The fourth-order valence-electron chi connectivity index (χ4n) is 1.81. The molecule has 2 aromatic carbocycles. The Hall–Kier alpha value is -2.73. The van der Waals surface area contributed by atoms with Gasteiger partial charge in [0.25, 0.3) is 5.91 Å². The van der Waals surface area contributed by atoms with Crippen LogP contribution in [0.5, 0.6) is 11.5 Å². The molecule has 0 saturated heterocycles. The molecule has 0 saturated carbocycles. The number of carbonyl (C=O) groups excluding carboxylic acids is 1. The second kappa shape index (κ2) is 6.62. The zero-order valence-corrected chi connectivity index (χ0v) is 11.8. The zero-order valence-electron chi connectivity index (χ0n) is 11.8. The molecule has 0 bridgehead atoms. The number of hydrogen-bond acceptors (Lipinski definition) is 5. The summed E-state index contributed by atoms with van der Waals surface area (Å²) in [5.41, 5.74) is 4.33. The zero-order chi connectivity index (χ0) is 15.2. The van der Waals surface area contributed by atoms with E-state index >= 15 is 0 Å². The van der Waals surface area contributed by atoms with Crippen molar-refractivity contribution in [2.45, 2.75) is 0 Å². The summed E-state index contributed by atoms with van der Waals surface area (Å²) in [6.07, 6.45) is 0. The molecule has 0 aliphatic carbocycles. The van der Waals surface area contributed by atoms with Gasteiger partial charge in [0.05, 0.1) is 19.9 Å². The van der Waals surface area contributed by atoms with Crippen molar-refractivity contribution < 1.29 is 14.3 Å². The number of carbonyl (C=O) groups is 1. The van der Waals surface area contributed by atoms with Crippen LogP contribution in [0.4, 0.5) is 11.4 Å². The van der Waals surface area contributed by atoms with E-state index in [9.17, 15) is 4.79 Å². The maximum atomic E-state index is 12.2. The molecular formula is C15H17N3O3. The van der Waals surface area contributed by atoms with E-state index in [1.165, 1.54) is 7.11 Å². The number of nitrogen functional groups attached to an aromatic ring is 1. The van der Waals surface area contributed by atoms with Crippen LogP contribution in [0.25, 0.3) is 0 Å². The minimum atomic E-state index is -0.234. The van der Waals surface area contributed by atoms with Crippen LogP contribution < -0.4 is 26.1 Å². The van der Waals surface area contributed by atoms with Crippen LogP contribution >= 0.6 is 0 Å². The van der Waals surface area contributed by atoms with Crippen LogP contribution in [-0.4, -0.2) is 20.1 Å². The van der Waals surface area contributed by atoms with Crippen LogP contribution in [0.3, 0.4) is 0 Å². The van der Waals surface area contributed by atoms with Gasteiger partial charge in [0.2, 0.25) is 0 Å². The lowest BCUT2D eigenvalue weighted by atomic mass is 10.2. The topological polar surface area (TPSA) is 85.6 Å². The first-order valence-corrected chi connectivity index (χ1v) is 6.28. The van der Waals surface area contributed by atoms with Crippen LogP contribution in [0.1, 0.15) is 10.4 Å². The molecule has 2 aromatic rings. The number of nitrogens with two attached hydrogens (primary N) is 1. The van der Waals surface area contributed by atoms with Crippen molar-refractivity contribution in [3.05, 3.63) is 48.0 Å². The average Bonchev–Trinajstić information content (AvgIpc) is 2.55. The number of benzene rings is 2. The quantitative estimate of drug-likeness (QED) is 0.580. The van der Waals surface area contributed by atoms with E-state index < -0.39 is 0 Å². The molecule has 0 spiro atoms. The molecule has 0 aliphatic rings. The highest BCUT2D eigenvalue weighted by Crippen LogP contribution is 2.29. The highest BCUT2D eigenvalue weighted by atomic mass is 16.5. The molecule has 2 rings (SSSR count). The summed E-state index contributed by atoms with van der Waals surface area (Å²) in [6, 6.07) is 12.0. The minimum Gasteiger partial charge on any atom is -0.497 e. The average molecular weight is 287 g/mol. The number of hydrogen-bond donors (Lipinski definition) is 3. The standard InChI is InChI=1S/C15H17N3O3/c1-20-12-7-8-13(14(9-12)21-2)17-15(19)10-3-5-11(18-16)6-4-10/h3-9,18H,16H2,1-2H3,(H,17,19). The molecule has 21 heavy (non-hydrogen) atoms. The Morgan fingerprint density at radius 1 is 1.05 bits per heavy atom. The molecule has 0 atom stereocenters. The van der Waals surface area contributed by atoms with Gasteiger partial charge in [-0.1, -0.05) is 0 Å². The Kier molecular flexibility index (Phi) is 4.63. The lowest BCUT2D eigenvalue weighted by molar-refractivity contribution is 0.102. The van der Waals surface area contributed by atoms with Gasteiger partial charge in [0.15, 0.2) is 0 Å². The molecule has 1 amide bonds. The summed E-state index contributed by atoms with van der Waals surface area (Å²) < 4.78 is 10.4. The number of anilines is 2. The number of nitrogens with one attached hydrogen (secondary N) is 2. The normalized spacial score (nSPS) is 9.86. The largest absolute Gasteiger partial charge is 0.497 e. The molecule has 0 unspecified atom stereocenters. The third-order valence-electron chi connectivity index (χ3n) is 2.97. The molecule has 6 nitrogen and oxygen atoms in total. The third-order valence-corrected chi connectivity index (χ3v) is 2.97. The van der Waals surface area contributed by atoms with E-state index in [1.807, 2.05) is 0 Å². The molecule has 0 heterocycles. The number of hydrazine groups is 1. The molecule has 6 heteroatoms. The van der Waals surface area contributed by atoms with Crippen molar-refractivity contribution in [2.75, 3.05) is 25.0 Å². The van der Waals surface area contributed by atoms with E-state index in [2.05, 4.69) is 10.7 Å². The van der Waals surface area contributed by atoms with Crippen LogP contribution in [0.15, 0.2) is 42.5 Å². The molecule has 0 aromatic heterocycles. The first kappa shape index (κ1) is 14.7. The fraction of sp³-hybridized carbons (Fsp3) is 0.133. The third kappa shape index (κ3) is 3.43. The molecule has 4 N–H and O–H groups in total. The predicted molar refractivity (Wildman–Crippen MR) is 81.8 cm³/mol. The molecule has 0 radical (unpaired) electrons. The number of amides is 1. The number of rotatable bonds is 5. The van der Waals surface area contributed by atoms with Crippen LogP contribution in [0.2, 0.25) is 0 Å². The van der Waals surface area contributed by atoms with Gasteiger partial charge in [0.1, 0.15) is 11.5 Å². The summed E-state index contributed by atoms with van der Waals surface area (Å²) in [5, 5.41) is 2.80. The summed E-state index contributed by atoms with van der Waals surface area (Å²) in [4.78, 5) is 12.2. The molecular weight excluding hydrogens is 270 g/mol. The van der Waals surface area contributed by atoms with E-state index in [4.69, 9.17) is 15.3 Å². The number of ether oxygens (including phenoxy) is 2. The molecule has 0 fully saturated rings. The Balaban J connectivity index is 2.18. The SMILES string of the molecule is COc1ccc(NC(=O)c2ccc(NN)cc2)c(OC)c1. The lowest BCUT2D eigenvalue weighted by Crippen LogP contribution is -2.13. The Bertz CT molecular complexity index is 627. The summed E-state index contributed by atoms with van der Waals surface area (Å²) in [7, 11) is 3.10. The van der Waals surface area contributed by atoms with Gasteiger partial charge < -0.3 is 20.2 Å². The Morgan fingerprint density at radius 3 is 2.33 bits per heavy atom. The minimum absolute atomic E-state index is 0.234. The fourth-order valence-corrected chi connectivity index (χ4v) is 1.81. The van der Waals surface area contributed by atoms with E-state index in [-0.39, 0.29) is 5.91 Å². The van der Waals surface area contributed by atoms with Crippen molar-refractivity contribution in [3.63, 3.8) is 0 Å². The lowest BCUT2D eigenvalue weighted by Gasteiger charge is -2.11. The van der Waals surface area contributed by atoms with Gasteiger partial charge in [-0.05, 0) is 36.4 Å². The van der Waals surface area contributed by atoms with E-state index in [1.54, 1.807) is 49.6 Å².